The summed E-state index contributed by atoms with van der Waals surface area (Å²) in [5.74, 6) is 0.864. The van der Waals surface area contributed by atoms with E-state index in [9.17, 15) is 13.2 Å². The molecule has 0 bridgehead atoms. The number of nitrogens with one attached hydrogen (secondary N) is 2. The first kappa shape index (κ1) is 21.5. The molecule has 0 spiro atoms. The highest BCUT2D eigenvalue weighted by Gasteiger charge is 2.33. The van der Waals surface area contributed by atoms with Gasteiger partial charge in [-0.2, -0.15) is 4.31 Å². The summed E-state index contributed by atoms with van der Waals surface area (Å²) in [6.07, 6.45) is 0. The first-order chi connectivity index (χ1) is 13.6. The molecule has 0 aliphatic carbocycles. The molecule has 158 valence electrons. The monoisotopic (exact) mass is 421 g/mol. The van der Waals surface area contributed by atoms with Gasteiger partial charge in [0.2, 0.25) is 10.0 Å². The molecule has 9 heteroatoms. The second kappa shape index (κ2) is 8.25. The lowest BCUT2D eigenvalue weighted by Gasteiger charge is -2.32. The molecule has 2 aromatic rings. The second-order valence-electron chi connectivity index (χ2n) is 7.79. The zero-order chi connectivity index (χ0) is 21.3. The Morgan fingerprint density at radius 2 is 1.69 bits per heavy atom. The topological polar surface area (TPSA) is 97.0 Å². The third-order valence-electron chi connectivity index (χ3n) is 5.63. The van der Waals surface area contributed by atoms with Gasteiger partial charge in [-0.25, -0.2) is 8.42 Å². The van der Waals surface area contributed by atoms with Crippen LogP contribution in [0.25, 0.3) is 0 Å². The Labute approximate surface area is 171 Å². The fourth-order valence-electron chi connectivity index (χ4n) is 3.76. The van der Waals surface area contributed by atoms with Crippen molar-refractivity contribution in [3.63, 3.8) is 0 Å². The summed E-state index contributed by atoms with van der Waals surface area (Å²) in [6, 6.07) is 3.69. The summed E-state index contributed by atoms with van der Waals surface area (Å²) < 4.78 is 33.1. The number of aromatic nitrogens is 1. The number of carbonyl (C=O) groups is 1. The molecule has 3 rings (SSSR count). The average molecular weight is 422 g/mol. The van der Waals surface area contributed by atoms with Crippen LogP contribution >= 0.6 is 0 Å². The Balaban J connectivity index is 1.65. The third-order valence-corrected chi connectivity index (χ3v) is 7.80. The number of hydrogen-bond donors (Lipinski definition) is 2. The average Bonchev–Trinajstić information content (AvgIpc) is 3.05. The van der Waals surface area contributed by atoms with Gasteiger partial charge in [-0.3, -0.25) is 4.79 Å². The molecular formula is C20H29N4O4S+. The zero-order valence-electron chi connectivity index (χ0n) is 17.6. The Morgan fingerprint density at radius 1 is 1.10 bits per heavy atom. The molecule has 1 aliphatic heterocycles. The molecule has 1 saturated heterocycles. The number of aryl methyl sites for hydroxylation is 3. The number of hydrogen-bond acceptors (Lipinski definition) is 5. The maximum atomic E-state index is 13.3. The molecular weight excluding hydrogens is 392 g/mol. The highest BCUT2D eigenvalue weighted by atomic mass is 32.2. The molecule has 1 aliphatic rings. The van der Waals surface area contributed by atoms with E-state index < -0.39 is 10.0 Å². The summed E-state index contributed by atoms with van der Waals surface area (Å²) >= 11 is 0. The van der Waals surface area contributed by atoms with Gasteiger partial charge in [-0.1, -0.05) is 11.2 Å². The van der Waals surface area contributed by atoms with Gasteiger partial charge in [0.05, 0.1) is 31.1 Å². The van der Waals surface area contributed by atoms with Gasteiger partial charge in [0.25, 0.3) is 5.91 Å². The normalized spacial score (nSPS) is 16.2. The number of nitrogens with zero attached hydrogens (tertiary/aromatic N) is 2. The fraction of sp³-hybridized carbons (Fsp3) is 0.500. The first-order valence-corrected chi connectivity index (χ1v) is 11.2. The minimum atomic E-state index is -3.57. The van der Waals surface area contributed by atoms with E-state index in [2.05, 4.69) is 10.5 Å². The number of quaternary nitrogens is 1. The van der Waals surface area contributed by atoms with Crippen molar-refractivity contribution in [2.45, 2.75) is 39.5 Å². The van der Waals surface area contributed by atoms with Crippen molar-refractivity contribution in [2.75, 3.05) is 38.0 Å². The van der Waals surface area contributed by atoms with Gasteiger partial charge >= 0.3 is 0 Å². The number of amides is 1. The summed E-state index contributed by atoms with van der Waals surface area (Å²) in [7, 11) is -3.57. The smallest absolute Gasteiger partial charge is 0.280 e. The van der Waals surface area contributed by atoms with Crippen LogP contribution < -0.4 is 10.2 Å². The summed E-state index contributed by atoms with van der Waals surface area (Å²) in [5, 5.41) is 6.46. The van der Waals surface area contributed by atoms with Crippen molar-refractivity contribution in [2.24, 2.45) is 0 Å². The van der Waals surface area contributed by atoms with Crippen LogP contribution in [0.3, 0.4) is 0 Å². The van der Waals surface area contributed by atoms with Gasteiger partial charge in [0, 0.05) is 6.07 Å². The molecule has 0 saturated carbocycles. The molecule has 1 amide bonds. The number of carbonyl (C=O) groups excluding carboxylic acids is 1. The molecule has 1 aromatic carbocycles. The fourth-order valence-corrected chi connectivity index (χ4v) is 5.77. The minimum Gasteiger partial charge on any atom is -0.360 e. The van der Waals surface area contributed by atoms with Crippen molar-refractivity contribution < 1.29 is 22.6 Å². The summed E-state index contributed by atoms with van der Waals surface area (Å²) in [4.78, 5) is 13.7. The molecule has 29 heavy (non-hydrogen) atoms. The molecule has 0 unspecified atom stereocenters. The highest BCUT2D eigenvalue weighted by Crippen LogP contribution is 2.28. The number of sulfonamides is 1. The first-order valence-electron chi connectivity index (χ1n) is 9.74. The van der Waals surface area contributed by atoms with Crippen molar-refractivity contribution in [3.05, 3.63) is 40.1 Å². The van der Waals surface area contributed by atoms with Crippen LogP contribution in [0.15, 0.2) is 21.6 Å². The zero-order valence-corrected chi connectivity index (χ0v) is 18.4. The lowest BCUT2D eigenvalue weighted by molar-refractivity contribution is -0.895. The SMILES string of the molecule is Cc1cc(NC(=O)C[NH+]2CCN(S(=O)(=O)c3c(C)c(C)cc(C)c3C)CC2)no1. The summed E-state index contributed by atoms with van der Waals surface area (Å²) in [5.41, 5.74) is 3.58. The Hall–Kier alpha value is -2.23. The number of piperazine rings is 1. The molecule has 2 heterocycles. The maximum absolute atomic E-state index is 13.3. The van der Waals surface area contributed by atoms with Crippen molar-refractivity contribution >= 4 is 21.7 Å². The van der Waals surface area contributed by atoms with Gasteiger partial charge in [-0.05, 0) is 56.9 Å². The molecule has 1 fully saturated rings. The van der Waals surface area contributed by atoms with Crippen LogP contribution in [-0.4, -0.2) is 56.5 Å². The molecule has 1 aromatic heterocycles. The van der Waals surface area contributed by atoms with E-state index >= 15 is 0 Å². The lowest BCUT2D eigenvalue weighted by Crippen LogP contribution is -3.15. The predicted octanol–water partition coefficient (Wildman–Crippen LogP) is 0.745. The van der Waals surface area contributed by atoms with E-state index in [1.165, 1.54) is 0 Å². The molecule has 0 radical (unpaired) electrons. The van der Waals surface area contributed by atoms with Crippen LogP contribution in [0.1, 0.15) is 28.0 Å². The Bertz CT molecular complexity index is 995. The molecule has 2 N–H and O–H groups in total. The Morgan fingerprint density at radius 3 is 2.21 bits per heavy atom. The Kier molecular flexibility index (Phi) is 6.11. The summed E-state index contributed by atoms with van der Waals surface area (Å²) in [6.45, 7) is 11.6. The van der Waals surface area contributed by atoms with E-state index in [0.29, 0.717) is 42.7 Å². The van der Waals surface area contributed by atoms with Gasteiger partial charge in [0.15, 0.2) is 12.4 Å². The van der Waals surface area contributed by atoms with E-state index in [-0.39, 0.29) is 12.5 Å². The largest absolute Gasteiger partial charge is 0.360 e. The standard InChI is InChI=1S/C20H28N4O4S/c1-13-10-14(2)17(5)20(16(13)4)29(26,27)24-8-6-23(7-9-24)12-19(25)21-18-11-15(3)28-22-18/h10-11H,6-9,12H2,1-5H3,(H,21,22,25)/p+1. The van der Waals surface area contributed by atoms with Crippen molar-refractivity contribution in [1.29, 1.82) is 0 Å². The van der Waals surface area contributed by atoms with Crippen LogP contribution in [0.2, 0.25) is 0 Å². The van der Waals surface area contributed by atoms with E-state index in [4.69, 9.17) is 4.52 Å². The van der Waals surface area contributed by atoms with Crippen LogP contribution in [0, 0.1) is 34.6 Å². The predicted molar refractivity (Wildman–Crippen MR) is 110 cm³/mol. The lowest BCUT2D eigenvalue weighted by atomic mass is 10.0. The van der Waals surface area contributed by atoms with Gasteiger partial charge in [-0.15, -0.1) is 0 Å². The highest BCUT2D eigenvalue weighted by molar-refractivity contribution is 7.89. The van der Waals surface area contributed by atoms with E-state index in [1.54, 1.807) is 17.3 Å². The van der Waals surface area contributed by atoms with Gasteiger partial charge < -0.3 is 14.7 Å². The number of anilines is 1. The second-order valence-corrected chi connectivity index (χ2v) is 9.67. The number of benzene rings is 1. The molecule has 0 atom stereocenters. The van der Waals surface area contributed by atoms with Crippen LogP contribution in [-0.2, 0) is 14.8 Å². The van der Waals surface area contributed by atoms with Crippen LogP contribution in [0.5, 0.6) is 0 Å². The van der Waals surface area contributed by atoms with E-state index in [1.807, 2.05) is 33.8 Å². The van der Waals surface area contributed by atoms with Crippen LogP contribution in [0.4, 0.5) is 5.82 Å². The molecule has 8 nitrogen and oxygen atoms in total. The minimum absolute atomic E-state index is 0.161. The van der Waals surface area contributed by atoms with Gasteiger partial charge in [0.1, 0.15) is 5.76 Å². The van der Waals surface area contributed by atoms with Crippen molar-refractivity contribution in [1.82, 2.24) is 9.46 Å². The maximum Gasteiger partial charge on any atom is 0.280 e. The quantitative estimate of drug-likeness (QED) is 0.742. The van der Waals surface area contributed by atoms with Crippen molar-refractivity contribution in [3.8, 4) is 0 Å². The number of rotatable bonds is 5. The van der Waals surface area contributed by atoms with E-state index in [0.717, 1.165) is 27.2 Å². The third kappa shape index (κ3) is 4.52.